The number of ether oxygens (including phenoxy) is 1. The van der Waals surface area contributed by atoms with Crippen molar-refractivity contribution in [3.63, 3.8) is 0 Å². The molecule has 1 N–H and O–H groups in total. The normalized spacial score (nSPS) is 14.1. The van der Waals surface area contributed by atoms with Crippen LogP contribution in [0.5, 0.6) is 5.75 Å². The van der Waals surface area contributed by atoms with Crippen molar-refractivity contribution in [1.29, 1.82) is 0 Å². The fraction of sp³-hybridized carbons (Fsp3) is 0.333. The largest absolute Gasteiger partial charge is 0.497 e. The molecule has 1 aliphatic carbocycles. The van der Waals surface area contributed by atoms with E-state index in [-0.39, 0.29) is 11.8 Å². The molecule has 0 unspecified atom stereocenters. The lowest BCUT2D eigenvalue weighted by Gasteiger charge is -2.01. The molecule has 1 aliphatic rings. The molecule has 1 fully saturated rings. The predicted octanol–water partition coefficient (Wildman–Crippen LogP) is 2.84. The minimum Gasteiger partial charge on any atom is -0.497 e. The van der Waals surface area contributed by atoms with Gasteiger partial charge < -0.3 is 10.1 Å². The first-order chi connectivity index (χ1) is 9.76. The molecule has 1 saturated carbocycles. The van der Waals surface area contributed by atoms with Gasteiger partial charge in [-0.05, 0) is 37.1 Å². The molecule has 0 aliphatic heterocycles. The smallest absolute Gasteiger partial charge is 0.223 e. The number of rotatable bonds is 5. The lowest BCUT2D eigenvalue weighted by molar-refractivity contribution is -0.122. The van der Waals surface area contributed by atoms with E-state index in [2.05, 4.69) is 10.3 Å². The van der Waals surface area contributed by atoms with Crippen molar-refractivity contribution in [2.75, 3.05) is 7.11 Å². The highest BCUT2D eigenvalue weighted by molar-refractivity contribution is 7.09. The number of amides is 1. The van der Waals surface area contributed by atoms with Gasteiger partial charge in [0.2, 0.25) is 5.91 Å². The molecule has 1 aromatic heterocycles. The van der Waals surface area contributed by atoms with Gasteiger partial charge in [0.1, 0.15) is 10.8 Å². The molecule has 0 radical (unpaired) electrons. The van der Waals surface area contributed by atoms with E-state index in [1.54, 1.807) is 18.4 Å². The van der Waals surface area contributed by atoms with Crippen LogP contribution in [-0.2, 0) is 11.3 Å². The van der Waals surface area contributed by atoms with Crippen molar-refractivity contribution < 1.29 is 9.53 Å². The minimum atomic E-state index is 0.159. The van der Waals surface area contributed by atoms with Gasteiger partial charge >= 0.3 is 0 Å². The van der Waals surface area contributed by atoms with E-state index >= 15 is 0 Å². The van der Waals surface area contributed by atoms with Crippen molar-refractivity contribution in [1.82, 2.24) is 10.3 Å². The van der Waals surface area contributed by atoms with Crippen molar-refractivity contribution in [2.24, 2.45) is 5.92 Å². The van der Waals surface area contributed by atoms with Crippen molar-refractivity contribution >= 4 is 17.2 Å². The Hall–Kier alpha value is -1.88. The van der Waals surface area contributed by atoms with Crippen LogP contribution in [-0.4, -0.2) is 18.0 Å². The third-order valence-electron chi connectivity index (χ3n) is 3.30. The van der Waals surface area contributed by atoms with Gasteiger partial charge in [0.15, 0.2) is 0 Å². The van der Waals surface area contributed by atoms with Crippen LogP contribution in [0.15, 0.2) is 29.6 Å². The first-order valence-electron chi connectivity index (χ1n) is 6.63. The second kappa shape index (κ2) is 5.63. The van der Waals surface area contributed by atoms with Crippen LogP contribution in [0.4, 0.5) is 0 Å². The van der Waals surface area contributed by atoms with E-state index in [9.17, 15) is 4.79 Å². The second-order valence-electron chi connectivity index (χ2n) is 4.85. The number of carbonyl (C=O) groups is 1. The van der Waals surface area contributed by atoms with Crippen LogP contribution < -0.4 is 10.1 Å². The summed E-state index contributed by atoms with van der Waals surface area (Å²) in [5.41, 5.74) is 2.00. The molecular formula is C15H16N2O2S. The third-order valence-corrected chi connectivity index (χ3v) is 4.15. The number of benzene rings is 1. The van der Waals surface area contributed by atoms with E-state index in [0.29, 0.717) is 6.54 Å². The van der Waals surface area contributed by atoms with E-state index in [1.165, 1.54) is 0 Å². The van der Waals surface area contributed by atoms with E-state index in [4.69, 9.17) is 4.74 Å². The quantitative estimate of drug-likeness (QED) is 0.920. The molecule has 2 aromatic rings. The van der Waals surface area contributed by atoms with Crippen LogP contribution >= 0.6 is 11.3 Å². The maximum atomic E-state index is 11.6. The van der Waals surface area contributed by atoms with Gasteiger partial charge in [-0.2, -0.15) is 0 Å². The van der Waals surface area contributed by atoms with E-state index < -0.39 is 0 Å². The van der Waals surface area contributed by atoms with Gasteiger partial charge in [-0.3, -0.25) is 4.79 Å². The average Bonchev–Trinajstić information content (AvgIpc) is 3.24. The Balaban J connectivity index is 1.64. The minimum absolute atomic E-state index is 0.159. The topological polar surface area (TPSA) is 51.2 Å². The third kappa shape index (κ3) is 2.99. The monoisotopic (exact) mass is 288 g/mol. The highest BCUT2D eigenvalue weighted by Gasteiger charge is 2.29. The summed E-state index contributed by atoms with van der Waals surface area (Å²) >= 11 is 1.57. The highest BCUT2D eigenvalue weighted by Crippen LogP contribution is 2.29. The molecule has 1 aromatic carbocycles. The van der Waals surface area contributed by atoms with Crippen molar-refractivity contribution in [3.05, 3.63) is 34.7 Å². The Bertz CT molecular complexity index is 603. The van der Waals surface area contributed by atoms with Crippen LogP contribution in [0.25, 0.3) is 11.3 Å². The molecule has 3 rings (SSSR count). The first-order valence-corrected chi connectivity index (χ1v) is 7.51. The summed E-state index contributed by atoms with van der Waals surface area (Å²) in [6, 6.07) is 7.81. The maximum Gasteiger partial charge on any atom is 0.223 e. The number of thiazole rings is 1. The molecule has 4 nitrogen and oxygen atoms in total. The number of methoxy groups -OCH3 is 1. The fourth-order valence-electron chi connectivity index (χ4n) is 1.94. The Morgan fingerprint density at radius 3 is 2.80 bits per heavy atom. The summed E-state index contributed by atoms with van der Waals surface area (Å²) in [6.07, 6.45) is 2.06. The Morgan fingerprint density at radius 1 is 1.40 bits per heavy atom. The molecule has 0 bridgehead atoms. The summed E-state index contributed by atoms with van der Waals surface area (Å²) < 4.78 is 5.14. The summed E-state index contributed by atoms with van der Waals surface area (Å²) in [6.45, 7) is 0.524. The van der Waals surface area contributed by atoms with Crippen molar-refractivity contribution in [2.45, 2.75) is 19.4 Å². The molecule has 0 spiro atoms. The molecule has 0 atom stereocenters. The van der Waals surface area contributed by atoms with Crippen LogP contribution in [0.2, 0.25) is 0 Å². The van der Waals surface area contributed by atoms with Gasteiger partial charge in [0.05, 0.1) is 19.3 Å². The molecule has 1 amide bonds. The number of nitrogens with one attached hydrogen (secondary N) is 1. The molecule has 0 saturated heterocycles. The summed E-state index contributed by atoms with van der Waals surface area (Å²) in [5, 5.41) is 5.88. The number of hydrogen-bond acceptors (Lipinski definition) is 4. The predicted molar refractivity (Wildman–Crippen MR) is 78.7 cm³/mol. The average molecular weight is 288 g/mol. The fourth-order valence-corrected chi connectivity index (χ4v) is 2.68. The Morgan fingerprint density at radius 2 is 2.15 bits per heavy atom. The summed E-state index contributed by atoms with van der Waals surface area (Å²) in [5.74, 6) is 1.24. The molecular weight excluding hydrogens is 272 g/mol. The van der Waals surface area contributed by atoms with Crippen LogP contribution in [0, 0.1) is 5.92 Å². The highest BCUT2D eigenvalue weighted by atomic mass is 32.1. The van der Waals surface area contributed by atoms with E-state index in [1.807, 2.05) is 29.6 Å². The number of hydrogen-bond donors (Lipinski definition) is 1. The first kappa shape index (κ1) is 13.1. The Kier molecular flexibility index (Phi) is 3.69. The van der Waals surface area contributed by atoms with Gasteiger partial charge in [-0.15, -0.1) is 11.3 Å². The van der Waals surface area contributed by atoms with Crippen LogP contribution in [0.3, 0.4) is 0 Å². The lowest BCUT2D eigenvalue weighted by atomic mass is 10.2. The van der Waals surface area contributed by atoms with Gasteiger partial charge in [-0.1, -0.05) is 0 Å². The van der Waals surface area contributed by atoms with Gasteiger partial charge in [0.25, 0.3) is 0 Å². The SMILES string of the molecule is COc1ccc(-c2csc(CNC(=O)C3CC3)n2)cc1. The summed E-state index contributed by atoms with van der Waals surface area (Å²) in [7, 11) is 1.65. The molecule has 1 heterocycles. The van der Waals surface area contributed by atoms with Crippen molar-refractivity contribution in [3.8, 4) is 17.0 Å². The zero-order valence-electron chi connectivity index (χ0n) is 11.3. The van der Waals surface area contributed by atoms with Gasteiger partial charge in [0, 0.05) is 16.9 Å². The standard InChI is InChI=1S/C15H16N2O2S/c1-19-12-6-4-10(5-7-12)13-9-20-14(17-13)8-16-15(18)11-2-3-11/h4-7,9,11H,2-3,8H2,1H3,(H,16,18). The van der Waals surface area contributed by atoms with E-state index in [0.717, 1.165) is 34.9 Å². The van der Waals surface area contributed by atoms with Gasteiger partial charge in [-0.25, -0.2) is 4.98 Å². The number of carbonyl (C=O) groups excluding carboxylic acids is 1. The Labute approximate surface area is 121 Å². The molecule has 104 valence electrons. The lowest BCUT2D eigenvalue weighted by Crippen LogP contribution is -2.23. The maximum absolute atomic E-state index is 11.6. The van der Waals surface area contributed by atoms with Crippen LogP contribution in [0.1, 0.15) is 17.8 Å². The second-order valence-corrected chi connectivity index (χ2v) is 5.79. The number of aromatic nitrogens is 1. The summed E-state index contributed by atoms with van der Waals surface area (Å²) in [4.78, 5) is 16.1. The zero-order chi connectivity index (χ0) is 13.9. The number of nitrogens with zero attached hydrogens (tertiary/aromatic N) is 1. The zero-order valence-corrected chi connectivity index (χ0v) is 12.1. The molecule has 20 heavy (non-hydrogen) atoms. The molecule has 5 heteroatoms.